The molecule has 0 spiro atoms. The third kappa shape index (κ3) is 4.71. The van der Waals surface area contributed by atoms with Gasteiger partial charge in [0.1, 0.15) is 0 Å². The van der Waals surface area contributed by atoms with Gasteiger partial charge in [-0.25, -0.2) is 0 Å². The van der Waals surface area contributed by atoms with Crippen LogP contribution in [0.2, 0.25) is 0 Å². The molecule has 0 aromatic carbocycles. The lowest BCUT2D eigenvalue weighted by molar-refractivity contribution is -0.128. The summed E-state index contributed by atoms with van der Waals surface area (Å²) in [5.41, 5.74) is 0.233. The second kappa shape index (κ2) is 7.33. The minimum Gasteiger partial charge on any atom is -0.353 e. The Morgan fingerprint density at radius 1 is 1.00 bits per heavy atom. The molecule has 22 heavy (non-hydrogen) atoms. The van der Waals surface area contributed by atoms with Crippen molar-refractivity contribution in [3.05, 3.63) is 0 Å². The molecule has 1 aliphatic carbocycles. The summed E-state index contributed by atoms with van der Waals surface area (Å²) in [4.78, 5) is 15.0. The van der Waals surface area contributed by atoms with E-state index in [-0.39, 0.29) is 11.5 Å². The fourth-order valence-corrected chi connectivity index (χ4v) is 4.06. The van der Waals surface area contributed by atoms with E-state index in [1.54, 1.807) is 0 Å². The Labute approximate surface area is 137 Å². The second-order valence-electron chi connectivity index (χ2n) is 8.80. The van der Waals surface area contributed by atoms with Gasteiger partial charge in [-0.15, -0.1) is 0 Å². The van der Waals surface area contributed by atoms with Gasteiger partial charge in [0.25, 0.3) is 0 Å². The van der Waals surface area contributed by atoms with Gasteiger partial charge in [-0.2, -0.15) is 0 Å². The molecule has 1 saturated carbocycles. The number of carbonyl (C=O) groups excluding carboxylic acids is 1. The predicted molar refractivity (Wildman–Crippen MR) is 92.8 cm³/mol. The summed E-state index contributed by atoms with van der Waals surface area (Å²) >= 11 is 0. The second-order valence-corrected chi connectivity index (χ2v) is 8.80. The van der Waals surface area contributed by atoms with Crippen molar-refractivity contribution in [2.24, 2.45) is 17.8 Å². The van der Waals surface area contributed by atoms with E-state index in [2.05, 4.69) is 44.8 Å². The van der Waals surface area contributed by atoms with Crippen LogP contribution in [0.3, 0.4) is 0 Å². The first kappa shape index (κ1) is 17.8. The highest BCUT2D eigenvalue weighted by molar-refractivity contribution is 5.79. The van der Waals surface area contributed by atoms with Crippen LogP contribution in [-0.4, -0.2) is 35.5 Å². The lowest BCUT2D eigenvalue weighted by atomic mass is 9.79. The van der Waals surface area contributed by atoms with Crippen LogP contribution in [0.1, 0.15) is 73.1 Å². The van der Waals surface area contributed by atoms with Crippen molar-refractivity contribution in [2.75, 3.05) is 13.1 Å². The maximum absolute atomic E-state index is 12.5. The van der Waals surface area contributed by atoms with Gasteiger partial charge in [-0.05, 0) is 84.2 Å². The van der Waals surface area contributed by atoms with Crippen LogP contribution in [0.15, 0.2) is 0 Å². The van der Waals surface area contributed by atoms with Crippen LogP contribution in [0.4, 0.5) is 0 Å². The van der Waals surface area contributed by atoms with E-state index < -0.39 is 0 Å². The van der Waals surface area contributed by atoms with E-state index in [1.807, 2.05) is 0 Å². The standard InChI is InChI=1S/C19H36N2O/c1-14(2)15-6-8-17(9-7-15)20-18(22)16-10-12-21(13-11-16)19(3,4)5/h14-17H,6-13H2,1-5H3,(H,20,22). The molecule has 1 N–H and O–H groups in total. The van der Waals surface area contributed by atoms with Crippen LogP contribution in [0, 0.1) is 17.8 Å². The van der Waals surface area contributed by atoms with Gasteiger partial charge in [-0.3, -0.25) is 9.69 Å². The van der Waals surface area contributed by atoms with Gasteiger partial charge >= 0.3 is 0 Å². The van der Waals surface area contributed by atoms with Crippen LogP contribution in [0.25, 0.3) is 0 Å². The summed E-state index contributed by atoms with van der Waals surface area (Å²) in [5, 5.41) is 3.34. The number of hydrogen-bond donors (Lipinski definition) is 1. The number of nitrogens with zero attached hydrogens (tertiary/aromatic N) is 1. The van der Waals surface area contributed by atoms with E-state index >= 15 is 0 Å². The maximum Gasteiger partial charge on any atom is 0.223 e. The molecular formula is C19H36N2O. The Hall–Kier alpha value is -0.570. The molecule has 128 valence electrons. The van der Waals surface area contributed by atoms with Crippen molar-refractivity contribution in [3.8, 4) is 0 Å². The monoisotopic (exact) mass is 308 g/mol. The van der Waals surface area contributed by atoms with Crippen molar-refractivity contribution in [2.45, 2.75) is 84.7 Å². The Morgan fingerprint density at radius 2 is 1.55 bits per heavy atom. The SMILES string of the molecule is CC(C)C1CCC(NC(=O)C2CCN(C(C)(C)C)CC2)CC1. The van der Waals surface area contributed by atoms with Gasteiger partial charge < -0.3 is 5.32 Å². The quantitative estimate of drug-likeness (QED) is 0.859. The topological polar surface area (TPSA) is 32.3 Å². The van der Waals surface area contributed by atoms with E-state index in [1.165, 1.54) is 25.7 Å². The minimum absolute atomic E-state index is 0.233. The third-order valence-electron chi connectivity index (χ3n) is 5.88. The molecule has 0 aromatic rings. The van der Waals surface area contributed by atoms with Crippen molar-refractivity contribution in [3.63, 3.8) is 0 Å². The smallest absolute Gasteiger partial charge is 0.223 e. The predicted octanol–water partition coefficient (Wildman–Crippen LogP) is 3.83. The molecule has 0 bridgehead atoms. The van der Waals surface area contributed by atoms with Crippen molar-refractivity contribution in [1.29, 1.82) is 0 Å². The summed E-state index contributed by atoms with van der Waals surface area (Å²) in [6, 6.07) is 0.433. The number of rotatable bonds is 3. The highest BCUT2D eigenvalue weighted by atomic mass is 16.1. The highest BCUT2D eigenvalue weighted by Crippen LogP contribution is 2.30. The number of nitrogens with one attached hydrogen (secondary N) is 1. The minimum atomic E-state index is 0.233. The van der Waals surface area contributed by atoms with E-state index in [9.17, 15) is 4.79 Å². The average molecular weight is 309 g/mol. The van der Waals surface area contributed by atoms with Gasteiger partial charge in [0, 0.05) is 17.5 Å². The zero-order chi connectivity index (χ0) is 16.3. The summed E-state index contributed by atoms with van der Waals surface area (Å²) in [7, 11) is 0. The van der Waals surface area contributed by atoms with Gasteiger partial charge in [0.15, 0.2) is 0 Å². The molecule has 3 nitrogen and oxygen atoms in total. The molecule has 0 aromatic heterocycles. The summed E-state index contributed by atoms with van der Waals surface area (Å²) in [5.74, 6) is 2.21. The third-order valence-corrected chi connectivity index (χ3v) is 5.88. The Kier molecular flexibility index (Phi) is 5.93. The average Bonchev–Trinajstić information content (AvgIpc) is 2.47. The number of carbonyl (C=O) groups is 1. The van der Waals surface area contributed by atoms with Crippen LogP contribution >= 0.6 is 0 Å². The maximum atomic E-state index is 12.5. The van der Waals surface area contributed by atoms with Gasteiger partial charge in [0.2, 0.25) is 5.91 Å². The Balaban J connectivity index is 1.73. The fraction of sp³-hybridized carbons (Fsp3) is 0.947. The van der Waals surface area contributed by atoms with Crippen molar-refractivity contribution < 1.29 is 4.79 Å². The van der Waals surface area contributed by atoms with Crippen LogP contribution < -0.4 is 5.32 Å². The Bertz CT molecular complexity index is 356. The normalized spacial score (nSPS) is 28.8. The van der Waals surface area contributed by atoms with Gasteiger partial charge in [0.05, 0.1) is 0 Å². The van der Waals surface area contributed by atoms with Crippen LogP contribution in [-0.2, 0) is 4.79 Å². The first-order valence-corrected chi connectivity index (χ1v) is 9.33. The van der Waals surface area contributed by atoms with E-state index in [0.29, 0.717) is 11.9 Å². The summed E-state index contributed by atoms with van der Waals surface area (Å²) in [6.07, 6.45) is 6.95. The lowest BCUT2D eigenvalue weighted by Crippen LogP contribution is -2.49. The molecule has 2 rings (SSSR count). The highest BCUT2D eigenvalue weighted by Gasteiger charge is 2.31. The number of piperidine rings is 1. The zero-order valence-corrected chi connectivity index (χ0v) is 15.3. The number of amides is 1. The largest absolute Gasteiger partial charge is 0.353 e. The van der Waals surface area contributed by atoms with Crippen molar-refractivity contribution in [1.82, 2.24) is 10.2 Å². The molecule has 1 amide bonds. The lowest BCUT2D eigenvalue weighted by Gasteiger charge is -2.41. The van der Waals surface area contributed by atoms with E-state index in [4.69, 9.17) is 0 Å². The molecule has 2 aliphatic rings. The van der Waals surface area contributed by atoms with Crippen LogP contribution in [0.5, 0.6) is 0 Å². The zero-order valence-electron chi connectivity index (χ0n) is 15.3. The molecule has 2 fully saturated rings. The molecular weight excluding hydrogens is 272 g/mol. The van der Waals surface area contributed by atoms with E-state index in [0.717, 1.165) is 37.8 Å². The number of likely N-dealkylation sites (tertiary alicyclic amines) is 1. The molecule has 0 unspecified atom stereocenters. The number of hydrogen-bond acceptors (Lipinski definition) is 2. The summed E-state index contributed by atoms with van der Waals surface area (Å²) < 4.78 is 0. The molecule has 1 saturated heterocycles. The van der Waals surface area contributed by atoms with Gasteiger partial charge in [-0.1, -0.05) is 13.8 Å². The first-order valence-electron chi connectivity index (χ1n) is 9.33. The first-order chi connectivity index (χ1) is 10.3. The fourth-order valence-electron chi connectivity index (χ4n) is 4.06. The molecule has 0 radical (unpaired) electrons. The van der Waals surface area contributed by atoms with Crippen molar-refractivity contribution >= 4 is 5.91 Å². The molecule has 3 heteroatoms. The molecule has 0 atom stereocenters. The molecule has 1 aliphatic heterocycles. The Morgan fingerprint density at radius 3 is 2.00 bits per heavy atom. The summed E-state index contributed by atoms with van der Waals surface area (Å²) in [6.45, 7) is 13.6. The molecule has 1 heterocycles.